The van der Waals surface area contributed by atoms with Crippen LogP contribution in [0.1, 0.15) is 31.0 Å². The molecule has 2 aromatic rings. The third-order valence-electron chi connectivity index (χ3n) is 6.93. The van der Waals surface area contributed by atoms with Crippen LogP contribution in [0.3, 0.4) is 0 Å². The Labute approximate surface area is 240 Å². The molecule has 4 amide bonds. The first kappa shape index (κ1) is 30.1. The number of ether oxygens (including phenoxy) is 1. The molecule has 0 aliphatic carbocycles. The minimum atomic E-state index is -4.46. The first-order chi connectivity index (χ1) is 19.5. The predicted octanol–water partition coefficient (Wildman–Crippen LogP) is 5.07. The van der Waals surface area contributed by atoms with Gasteiger partial charge in [0, 0.05) is 50.2 Å². The molecular weight excluding hydrogens is 559 g/mol. The Morgan fingerprint density at radius 1 is 1.22 bits per heavy atom. The zero-order chi connectivity index (χ0) is 29.7. The normalized spacial score (nSPS) is 20.1. The van der Waals surface area contributed by atoms with Gasteiger partial charge in [0.25, 0.3) is 0 Å². The fourth-order valence-corrected chi connectivity index (χ4v) is 5.65. The fraction of sp³-hybridized carbons (Fsp3) is 0.393. The van der Waals surface area contributed by atoms with E-state index in [9.17, 15) is 27.6 Å². The quantitative estimate of drug-likeness (QED) is 0.330. The maximum absolute atomic E-state index is 13.2. The largest absolute Gasteiger partial charge is 0.463 e. The van der Waals surface area contributed by atoms with Crippen molar-refractivity contribution in [1.82, 2.24) is 20.0 Å². The van der Waals surface area contributed by atoms with Crippen LogP contribution in [-0.2, 0) is 15.7 Å². The molecule has 1 aromatic heterocycles. The molecule has 1 saturated heterocycles. The zero-order valence-corrected chi connectivity index (χ0v) is 23.6. The molecule has 0 radical (unpaired) electrons. The summed E-state index contributed by atoms with van der Waals surface area (Å²) in [6, 6.07) is 4.42. The van der Waals surface area contributed by atoms with Gasteiger partial charge >= 0.3 is 24.2 Å². The smallest absolute Gasteiger partial charge is 0.416 e. The molecule has 2 atom stereocenters. The van der Waals surface area contributed by atoms with Crippen molar-refractivity contribution >= 4 is 35.1 Å². The van der Waals surface area contributed by atoms with Crippen molar-refractivity contribution in [3.63, 3.8) is 0 Å². The molecule has 13 heteroatoms. The summed E-state index contributed by atoms with van der Waals surface area (Å²) in [4.78, 5) is 44.5. The van der Waals surface area contributed by atoms with Gasteiger partial charge in [-0.1, -0.05) is 6.08 Å². The lowest BCUT2D eigenvalue weighted by molar-refractivity contribution is -0.139. The van der Waals surface area contributed by atoms with Crippen molar-refractivity contribution in [2.75, 3.05) is 44.6 Å². The number of halogens is 3. The van der Waals surface area contributed by atoms with Crippen LogP contribution >= 0.6 is 11.3 Å². The molecule has 2 unspecified atom stereocenters. The van der Waals surface area contributed by atoms with Crippen LogP contribution in [0.2, 0.25) is 0 Å². The standard InChI is InChI=1S/C28H32F3N5O4S/c1-4-11-36-22(23(25(37)40-5-2)24(33-27(36)39)19-10-14-41-17-19)16-34-12-13-35(18(3)15-34)26(38)32-21-8-6-20(7-9-21)28(29,30)31/h4,6-10,14,17-18,24H,1,5,11-13,15-16H2,2-3H3,(H,32,38)(H,33,39). The Morgan fingerprint density at radius 3 is 2.54 bits per heavy atom. The van der Waals surface area contributed by atoms with E-state index < -0.39 is 29.8 Å². The number of benzene rings is 1. The van der Waals surface area contributed by atoms with Gasteiger partial charge < -0.3 is 20.3 Å². The Bertz CT molecular complexity index is 1300. The minimum Gasteiger partial charge on any atom is -0.463 e. The third-order valence-corrected chi connectivity index (χ3v) is 7.63. The highest BCUT2D eigenvalue weighted by Crippen LogP contribution is 2.34. The Morgan fingerprint density at radius 2 is 1.95 bits per heavy atom. The highest BCUT2D eigenvalue weighted by Gasteiger charge is 2.39. The van der Waals surface area contributed by atoms with E-state index in [-0.39, 0.29) is 37.5 Å². The van der Waals surface area contributed by atoms with Gasteiger partial charge in [0.05, 0.1) is 23.8 Å². The molecule has 220 valence electrons. The molecule has 2 aliphatic heterocycles. The molecule has 9 nitrogen and oxygen atoms in total. The van der Waals surface area contributed by atoms with Gasteiger partial charge in [0.2, 0.25) is 0 Å². The predicted molar refractivity (Wildman–Crippen MR) is 149 cm³/mol. The summed E-state index contributed by atoms with van der Waals surface area (Å²) in [5, 5.41) is 9.33. The summed E-state index contributed by atoms with van der Waals surface area (Å²) in [5.41, 5.74) is 1.10. The Balaban J connectivity index is 1.52. The number of amides is 4. The van der Waals surface area contributed by atoms with Crippen molar-refractivity contribution in [2.45, 2.75) is 32.1 Å². The van der Waals surface area contributed by atoms with E-state index in [1.54, 1.807) is 17.9 Å². The molecule has 0 bridgehead atoms. The average molecular weight is 592 g/mol. The monoisotopic (exact) mass is 591 g/mol. The average Bonchev–Trinajstić information content (AvgIpc) is 3.45. The number of rotatable bonds is 8. The number of carbonyl (C=O) groups is 3. The maximum Gasteiger partial charge on any atom is 0.416 e. The van der Waals surface area contributed by atoms with Crippen molar-refractivity contribution in [3.05, 3.63) is 76.1 Å². The zero-order valence-electron chi connectivity index (χ0n) is 22.7. The van der Waals surface area contributed by atoms with E-state index in [1.807, 2.05) is 23.8 Å². The van der Waals surface area contributed by atoms with Crippen LogP contribution in [0.5, 0.6) is 0 Å². The van der Waals surface area contributed by atoms with E-state index in [0.29, 0.717) is 30.9 Å². The van der Waals surface area contributed by atoms with E-state index in [0.717, 1.165) is 17.7 Å². The second-order valence-corrected chi connectivity index (χ2v) is 10.5. The van der Waals surface area contributed by atoms with Crippen molar-refractivity contribution in [2.24, 2.45) is 0 Å². The number of urea groups is 2. The van der Waals surface area contributed by atoms with E-state index in [4.69, 9.17) is 4.74 Å². The van der Waals surface area contributed by atoms with Crippen LogP contribution in [0.4, 0.5) is 28.4 Å². The van der Waals surface area contributed by atoms with Crippen molar-refractivity contribution in [3.8, 4) is 0 Å². The molecule has 4 rings (SSSR count). The first-order valence-corrected chi connectivity index (χ1v) is 14.1. The molecule has 0 saturated carbocycles. The number of carbonyl (C=O) groups excluding carboxylic acids is 3. The van der Waals surface area contributed by atoms with Crippen LogP contribution in [0.25, 0.3) is 0 Å². The second-order valence-electron chi connectivity index (χ2n) is 9.70. The molecule has 41 heavy (non-hydrogen) atoms. The Hall–Kier alpha value is -3.84. The number of hydrogen-bond acceptors (Lipinski definition) is 6. The maximum atomic E-state index is 13.2. The van der Waals surface area contributed by atoms with Gasteiger partial charge in [0.1, 0.15) is 0 Å². The second kappa shape index (κ2) is 12.8. The summed E-state index contributed by atoms with van der Waals surface area (Å²) < 4.78 is 44.0. The van der Waals surface area contributed by atoms with Gasteiger partial charge in [-0.25, -0.2) is 14.4 Å². The summed E-state index contributed by atoms with van der Waals surface area (Å²) in [7, 11) is 0. The highest BCUT2D eigenvalue weighted by molar-refractivity contribution is 7.08. The number of anilines is 1. The number of thiophene rings is 1. The summed E-state index contributed by atoms with van der Waals surface area (Å²) >= 11 is 1.46. The molecule has 3 heterocycles. The lowest BCUT2D eigenvalue weighted by Crippen LogP contribution is -2.57. The lowest BCUT2D eigenvalue weighted by Gasteiger charge is -2.42. The minimum absolute atomic E-state index is 0.172. The SMILES string of the molecule is C=CCN1C(=O)NC(c2ccsc2)C(C(=O)OCC)=C1CN1CCN(C(=O)Nc2ccc(C(F)(F)F)cc2)C(C)C1. The van der Waals surface area contributed by atoms with Crippen LogP contribution < -0.4 is 10.6 Å². The summed E-state index contributed by atoms with van der Waals surface area (Å²) in [6.07, 6.45) is -2.88. The molecule has 2 N–H and O–H groups in total. The first-order valence-electron chi connectivity index (χ1n) is 13.1. The van der Waals surface area contributed by atoms with E-state index in [1.165, 1.54) is 28.4 Å². The number of esters is 1. The Kier molecular flexibility index (Phi) is 9.38. The third kappa shape index (κ3) is 6.91. The summed E-state index contributed by atoms with van der Waals surface area (Å²) in [6.45, 7) is 9.17. The highest BCUT2D eigenvalue weighted by atomic mass is 32.1. The van der Waals surface area contributed by atoms with Gasteiger partial charge in [-0.05, 0) is 60.5 Å². The molecule has 0 spiro atoms. The van der Waals surface area contributed by atoms with Gasteiger partial charge in [-0.2, -0.15) is 24.5 Å². The topological polar surface area (TPSA) is 94.2 Å². The van der Waals surface area contributed by atoms with Crippen molar-refractivity contribution < 1.29 is 32.3 Å². The van der Waals surface area contributed by atoms with Gasteiger partial charge in [0.15, 0.2) is 0 Å². The van der Waals surface area contributed by atoms with Gasteiger partial charge in [-0.15, -0.1) is 6.58 Å². The van der Waals surface area contributed by atoms with Crippen LogP contribution in [-0.4, -0.2) is 78.1 Å². The molecular formula is C28H32F3N5O4S. The number of nitrogens with zero attached hydrogens (tertiary/aromatic N) is 3. The van der Waals surface area contributed by atoms with E-state index in [2.05, 4.69) is 22.1 Å². The van der Waals surface area contributed by atoms with Crippen LogP contribution in [0.15, 0.2) is 65.0 Å². The molecule has 2 aliphatic rings. The molecule has 1 aromatic carbocycles. The van der Waals surface area contributed by atoms with E-state index >= 15 is 0 Å². The fourth-order valence-electron chi connectivity index (χ4n) is 4.96. The number of nitrogens with one attached hydrogen (secondary N) is 2. The van der Waals surface area contributed by atoms with Crippen LogP contribution in [0, 0.1) is 0 Å². The number of hydrogen-bond donors (Lipinski definition) is 2. The van der Waals surface area contributed by atoms with Gasteiger partial charge in [-0.3, -0.25) is 9.80 Å². The molecule has 1 fully saturated rings. The lowest BCUT2D eigenvalue weighted by atomic mass is 9.95. The number of alkyl halides is 3. The van der Waals surface area contributed by atoms with Crippen molar-refractivity contribution in [1.29, 1.82) is 0 Å². The number of piperazine rings is 1. The summed E-state index contributed by atoms with van der Waals surface area (Å²) in [5.74, 6) is -0.518.